The molecule has 0 unspecified atom stereocenters. The Bertz CT molecular complexity index is 848. The number of hydrogen-bond acceptors (Lipinski definition) is 6. The first-order valence-electron chi connectivity index (χ1n) is 8.07. The van der Waals surface area contributed by atoms with Crippen molar-refractivity contribution in [2.24, 2.45) is 0 Å². The molecule has 0 radical (unpaired) electrons. The predicted molar refractivity (Wildman–Crippen MR) is 94.7 cm³/mol. The van der Waals surface area contributed by atoms with Gasteiger partial charge in [-0.25, -0.2) is 16.8 Å². The summed E-state index contributed by atoms with van der Waals surface area (Å²) in [5.41, 5.74) is 2.33. The molecule has 0 spiro atoms. The molecule has 9 heteroatoms. The number of hydrogen-bond donors (Lipinski definition) is 2. The standard InChI is InChI=1S/C16H25NO6S2/c1-11-6-13(3)16(7-12(11)2)25(22,23)17(8-15(19)9-18)14-4-5-24(20,21)10-14/h6-7,14-15,18-19H,4-5,8-10H2,1-3H3/t14-,15-/m1/s1. The van der Waals surface area contributed by atoms with Gasteiger partial charge in [0.1, 0.15) is 0 Å². The van der Waals surface area contributed by atoms with E-state index in [4.69, 9.17) is 5.11 Å². The average molecular weight is 392 g/mol. The predicted octanol–water partition coefficient (Wildman–Crippen LogP) is 0.143. The summed E-state index contributed by atoms with van der Waals surface area (Å²) in [6.07, 6.45) is -1.09. The minimum Gasteiger partial charge on any atom is -0.394 e. The lowest BCUT2D eigenvalue weighted by atomic mass is 10.1. The number of rotatable bonds is 6. The van der Waals surface area contributed by atoms with Gasteiger partial charge < -0.3 is 10.2 Å². The largest absolute Gasteiger partial charge is 0.394 e. The van der Waals surface area contributed by atoms with Crippen LogP contribution in [0.15, 0.2) is 17.0 Å². The van der Waals surface area contributed by atoms with Crippen molar-refractivity contribution >= 4 is 19.9 Å². The van der Waals surface area contributed by atoms with E-state index in [1.54, 1.807) is 26.0 Å². The SMILES string of the molecule is Cc1cc(C)c(S(=O)(=O)N(C[C@@H](O)CO)[C@@H]2CCS(=O)(=O)C2)cc1C. The fourth-order valence-corrected chi connectivity index (χ4v) is 6.86. The maximum atomic E-state index is 13.2. The van der Waals surface area contributed by atoms with Gasteiger partial charge >= 0.3 is 0 Å². The van der Waals surface area contributed by atoms with Crippen LogP contribution in [0.5, 0.6) is 0 Å². The molecule has 1 heterocycles. The zero-order valence-electron chi connectivity index (χ0n) is 14.6. The molecule has 0 bridgehead atoms. The molecule has 0 saturated carbocycles. The monoisotopic (exact) mass is 391 g/mol. The number of benzene rings is 1. The third-order valence-corrected chi connectivity index (χ3v) is 8.41. The van der Waals surface area contributed by atoms with Crippen LogP contribution < -0.4 is 0 Å². The molecule has 25 heavy (non-hydrogen) atoms. The van der Waals surface area contributed by atoms with Crippen molar-refractivity contribution in [1.29, 1.82) is 0 Å². The zero-order valence-corrected chi connectivity index (χ0v) is 16.3. The minimum absolute atomic E-state index is 0.0786. The molecule has 1 aliphatic heterocycles. The van der Waals surface area contributed by atoms with Gasteiger partial charge in [0.2, 0.25) is 10.0 Å². The second kappa shape index (κ2) is 7.32. The van der Waals surface area contributed by atoms with Gasteiger partial charge in [0.25, 0.3) is 0 Å². The number of sulfone groups is 1. The van der Waals surface area contributed by atoms with Gasteiger partial charge in [0, 0.05) is 12.6 Å². The van der Waals surface area contributed by atoms with Crippen LogP contribution in [0.2, 0.25) is 0 Å². The van der Waals surface area contributed by atoms with Crippen LogP contribution in [0.1, 0.15) is 23.1 Å². The highest BCUT2D eigenvalue weighted by molar-refractivity contribution is 7.92. The summed E-state index contributed by atoms with van der Waals surface area (Å²) in [5, 5.41) is 18.9. The molecule has 7 nitrogen and oxygen atoms in total. The molecule has 0 aliphatic carbocycles. The average Bonchev–Trinajstić information content (AvgIpc) is 2.87. The molecule has 2 rings (SSSR count). The topological polar surface area (TPSA) is 112 Å². The Balaban J connectivity index is 2.50. The Kier molecular flexibility index (Phi) is 5.95. The van der Waals surface area contributed by atoms with Crippen LogP contribution in [-0.4, -0.2) is 68.2 Å². The molecule has 2 N–H and O–H groups in total. The highest BCUT2D eigenvalue weighted by atomic mass is 32.2. The van der Waals surface area contributed by atoms with Gasteiger partial charge in [-0.3, -0.25) is 0 Å². The van der Waals surface area contributed by atoms with Crippen LogP contribution in [-0.2, 0) is 19.9 Å². The van der Waals surface area contributed by atoms with Crippen LogP contribution in [0, 0.1) is 20.8 Å². The van der Waals surface area contributed by atoms with Crippen molar-refractivity contribution in [2.75, 3.05) is 24.7 Å². The molecule has 1 aliphatic rings. The Labute approximate surface area is 149 Å². The zero-order chi connectivity index (χ0) is 19.0. The van der Waals surface area contributed by atoms with Gasteiger partial charge in [-0.05, 0) is 49.9 Å². The third-order valence-electron chi connectivity index (χ3n) is 4.60. The number of aryl methyl sites for hydroxylation is 3. The third kappa shape index (κ3) is 4.40. The first kappa shape index (κ1) is 20.3. The lowest BCUT2D eigenvalue weighted by molar-refractivity contribution is 0.0730. The van der Waals surface area contributed by atoms with Crippen molar-refractivity contribution in [3.8, 4) is 0 Å². The molecule has 1 aromatic rings. The fraction of sp³-hybridized carbons (Fsp3) is 0.625. The maximum absolute atomic E-state index is 13.2. The van der Waals surface area contributed by atoms with Crippen molar-refractivity contribution < 1.29 is 27.0 Å². The maximum Gasteiger partial charge on any atom is 0.243 e. The quantitative estimate of drug-likeness (QED) is 0.714. The molecule has 1 fully saturated rings. The van der Waals surface area contributed by atoms with Gasteiger partial charge in [-0.15, -0.1) is 0 Å². The second-order valence-electron chi connectivity index (χ2n) is 6.67. The summed E-state index contributed by atoms with van der Waals surface area (Å²) in [6.45, 7) is 4.43. The van der Waals surface area contributed by atoms with E-state index >= 15 is 0 Å². The first-order valence-corrected chi connectivity index (χ1v) is 11.3. The molecule has 0 aromatic heterocycles. The summed E-state index contributed by atoms with van der Waals surface area (Å²) >= 11 is 0. The summed E-state index contributed by atoms with van der Waals surface area (Å²) in [7, 11) is -7.31. The Morgan fingerprint density at radius 1 is 1.20 bits per heavy atom. The molecule has 1 saturated heterocycles. The van der Waals surface area contributed by atoms with Crippen molar-refractivity contribution in [3.05, 3.63) is 28.8 Å². The molecular weight excluding hydrogens is 366 g/mol. The lowest BCUT2D eigenvalue weighted by Gasteiger charge is -2.29. The molecule has 1 aromatic carbocycles. The van der Waals surface area contributed by atoms with E-state index in [1.807, 2.05) is 6.92 Å². The molecular formula is C16H25NO6S2. The lowest BCUT2D eigenvalue weighted by Crippen LogP contribution is -2.46. The molecule has 2 atom stereocenters. The normalized spacial score (nSPS) is 21.6. The van der Waals surface area contributed by atoms with Crippen LogP contribution in [0.3, 0.4) is 0 Å². The van der Waals surface area contributed by atoms with Gasteiger partial charge in [0.05, 0.1) is 29.1 Å². The number of nitrogens with zero attached hydrogens (tertiary/aromatic N) is 1. The summed E-state index contributed by atoms with van der Waals surface area (Å²) < 4.78 is 51.0. The summed E-state index contributed by atoms with van der Waals surface area (Å²) in [5.74, 6) is -0.348. The van der Waals surface area contributed by atoms with Gasteiger partial charge in [-0.1, -0.05) is 6.07 Å². The van der Waals surface area contributed by atoms with E-state index in [1.165, 1.54) is 0 Å². The minimum atomic E-state index is -4.01. The van der Waals surface area contributed by atoms with E-state index in [0.717, 1.165) is 15.4 Å². The Morgan fingerprint density at radius 3 is 2.32 bits per heavy atom. The van der Waals surface area contributed by atoms with Crippen LogP contribution in [0.4, 0.5) is 0 Å². The summed E-state index contributed by atoms with van der Waals surface area (Å²) in [6, 6.07) is 2.60. The number of aliphatic hydroxyl groups is 2. The summed E-state index contributed by atoms with van der Waals surface area (Å²) in [4.78, 5) is 0.102. The van der Waals surface area contributed by atoms with E-state index < -0.39 is 38.6 Å². The highest BCUT2D eigenvalue weighted by Crippen LogP contribution is 2.28. The van der Waals surface area contributed by atoms with E-state index in [0.29, 0.717) is 5.56 Å². The highest BCUT2D eigenvalue weighted by Gasteiger charge is 2.40. The molecule has 0 amide bonds. The van der Waals surface area contributed by atoms with Gasteiger partial charge in [-0.2, -0.15) is 4.31 Å². The van der Waals surface area contributed by atoms with E-state index in [-0.39, 0.29) is 29.4 Å². The molecule has 142 valence electrons. The second-order valence-corrected chi connectivity index (χ2v) is 10.8. The van der Waals surface area contributed by atoms with Crippen molar-refractivity contribution in [1.82, 2.24) is 4.31 Å². The first-order chi connectivity index (χ1) is 11.5. The van der Waals surface area contributed by atoms with E-state index in [2.05, 4.69) is 0 Å². The van der Waals surface area contributed by atoms with Gasteiger partial charge in [0.15, 0.2) is 9.84 Å². The smallest absolute Gasteiger partial charge is 0.243 e. The number of aliphatic hydroxyl groups excluding tert-OH is 2. The van der Waals surface area contributed by atoms with Crippen molar-refractivity contribution in [2.45, 2.75) is 44.2 Å². The fourth-order valence-electron chi connectivity index (χ4n) is 3.05. The van der Waals surface area contributed by atoms with Crippen LogP contribution in [0.25, 0.3) is 0 Å². The Hall–Kier alpha value is -1.00. The van der Waals surface area contributed by atoms with E-state index in [9.17, 15) is 21.9 Å². The Morgan fingerprint density at radius 2 is 1.80 bits per heavy atom. The number of sulfonamides is 1. The van der Waals surface area contributed by atoms with Crippen molar-refractivity contribution in [3.63, 3.8) is 0 Å². The van der Waals surface area contributed by atoms with Crippen LogP contribution >= 0.6 is 0 Å².